The Kier molecular flexibility index (Phi) is 3.11. The Bertz CT molecular complexity index is 18.9. The first-order chi connectivity index (χ1) is 2.27. The summed E-state index contributed by atoms with van der Waals surface area (Å²) in [5.74, 6) is 0. The summed E-state index contributed by atoms with van der Waals surface area (Å²) in [7, 11) is 3.50. The molecule has 0 rings (SSSR count). The van der Waals surface area contributed by atoms with Crippen molar-refractivity contribution in [3.8, 4) is 0 Å². The Morgan fingerprint density at radius 2 is 1.60 bits per heavy atom. The van der Waals surface area contributed by atoms with Gasteiger partial charge in [-0.3, -0.25) is 0 Å². The van der Waals surface area contributed by atoms with Crippen molar-refractivity contribution in [1.29, 1.82) is 0 Å². The van der Waals surface area contributed by atoms with Crippen molar-refractivity contribution >= 4 is 31.2 Å². The molecule has 0 fully saturated rings. The van der Waals surface area contributed by atoms with Crippen LogP contribution in [0.2, 0.25) is 0 Å². The molecule has 0 spiro atoms. The maximum absolute atomic E-state index is 3.12. The molecule has 1 N–H and O–H groups in total. The van der Waals surface area contributed by atoms with Crippen molar-refractivity contribution in [1.82, 2.24) is 9.43 Å². The first-order valence-electron chi connectivity index (χ1n) is 1.62. The molecule has 0 radical (unpaired) electrons. The van der Waals surface area contributed by atoms with Crippen LogP contribution in [0, 0.1) is 0 Å². The predicted molar refractivity (Wildman–Crippen MR) is 34.8 cm³/mol. The maximum atomic E-state index is 3.12. The fourth-order valence-electron chi connectivity index (χ4n) is 0. The van der Waals surface area contributed by atoms with Gasteiger partial charge in [0.25, 0.3) is 0 Å². The van der Waals surface area contributed by atoms with Gasteiger partial charge in [0, 0.05) is 0 Å². The van der Waals surface area contributed by atoms with Crippen LogP contribution in [0.1, 0.15) is 0 Å². The van der Waals surface area contributed by atoms with Crippen LogP contribution in [-0.2, 0) is 0 Å². The second kappa shape index (κ2) is 2.79. The third-order valence-electron chi connectivity index (χ3n) is 0.447. The van der Waals surface area contributed by atoms with E-state index in [0.29, 0.717) is 0 Å². The highest BCUT2D eigenvalue weighted by molar-refractivity contribution is 6.26. The summed E-state index contributed by atoms with van der Waals surface area (Å²) in [6.07, 6.45) is 0. The molecule has 0 saturated carbocycles. The van der Waals surface area contributed by atoms with E-state index < -0.39 is 0 Å². The lowest BCUT2D eigenvalue weighted by Gasteiger charge is -2.04. The molecule has 0 aliphatic rings. The number of hydrazine groups is 1. The molecule has 0 saturated heterocycles. The van der Waals surface area contributed by atoms with Gasteiger partial charge in [0.15, 0.2) is 0 Å². The highest BCUT2D eigenvalue weighted by Crippen LogP contribution is 1.42. The molecule has 0 unspecified atom stereocenters. The summed E-state index contributed by atoms with van der Waals surface area (Å²) in [5.41, 5.74) is 0. The van der Waals surface area contributed by atoms with Crippen molar-refractivity contribution in [3.63, 3.8) is 0 Å². The van der Waals surface area contributed by atoms with Gasteiger partial charge in [-0.15, -0.1) is 0 Å². The lowest BCUT2D eigenvalue weighted by molar-refractivity contribution is 0.676. The summed E-state index contributed by atoms with van der Waals surface area (Å²) in [5, 5.41) is 3.12. The van der Waals surface area contributed by atoms with Crippen LogP contribution in [0.5, 0.6) is 0 Å². The molecular weight excluding hydrogens is 112 g/mol. The van der Waals surface area contributed by atoms with Crippen LogP contribution >= 0.6 is 0 Å². The van der Waals surface area contributed by atoms with Crippen molar-refractivity contribution in [3.05, 3.63) is 0 Å². The highest BCUT2D eigenvalue weighted by Gasteiger charge is 1.68. The molecule has 0 aliphatic carbocycles. The number of rotatable bonds is 1. The van der Waals surface area contributed by atoms with E-state index in [1.807, 2.05) is 0 Å². The molecule has 0 atom stereocenters. The summed E-state index contributed by atoms with van der Waals surface area (Å²) in [6.45, 7) is 0. The van der Waals surface area contributed by atoms with Crippen LogP contribution in [0.25, 0.3) is 0 Å². The quantitative estimate of drug-likeness (QED) is 0.279. The fraction of sp³-hybridized carbons (Fsp3) is 0. The normalized spacial score (nSPS) is 11.4. The van der Waals surface area contributed by atoms with E-state index in [-0.39, 0.29) is 0 Å². The minimum Gasteiger partial charge on any atom is -0.312 e. The van der Waals surface area contributed by atoms with Gasteiger partial charge < -0.3 is 9.43 Å². The minimum atomic E-state index is 1.12. The van der Waals surface area contributed by atoms with Crippen LogP contribution in [0.3, 0.4) is 0 Å². The van der Waals surface area contributed by atoms with Crippen LogP contribution < -0.4 is 5.09 Å². The molecule has 32 valence electrons. The smallest absolute Gasteiger partial charge is 0.0926 e. The molecule has 2 nitrogen and oxygen atoms in total. The second-order valence-corrected chi connectivity index (χ2v) is 6.04. The predicted octanol–water partition coefficient (Wildman–Crippen LogP) is -4.37. The first-order valence-corrected chi connectivity index (χ1v) is 4.41. The van der Waals surface area contributed by atoms with Gasteiger partial charge in [-0.05, 0) is 0 Å². The van der Waals surface area contributed by atoms with Crippen LogP contribution in [0.4, 0.5) is 0 Å². The molecule has 0 aliphatic heterocycles. The monoisotopic (exact) mass is 122 g/mol. The largest absolute Gasteiger partial charge is 0.312 e. The summed E-state index contributed by atoms with van der Waals surface area (Å²) >= 11 is 0. The SMILES string of the molecule is [SiH3]NN([SiH3])[SiH3]. The molecular formula is H10N2Si3. The molecule has 0 bridgehead atoms. The van der Waals surface area contributed by atoms with Gasteiger partial charge in [0.1, 0.15) is 0 Å². The van der Waals surface area contributed by atoms with E-state index in [1.165, 1.54) is 20.8 Å². The fourth-order valence-corrected chi connectivity index (χ4v) is 0. The van der Waals surface area contributed by atoms with Gasteiger partial charge in [-0.2, -0.15) is 0 Å². The Morgan fingerprint density at radius 3 is 1.60 bits per heavy atom. The third-order valence-corrected chi connectivity index (χ3v) is 4.02. The Labute approximate surface area is 41.4 Å². The van der Waals surface area contributed by atoms with E-state index in [4.69, 9.17) is 0 Å². The molecule has 0 aromatic heterocycles. The standard InChI is InChI=1S/H10N2Si3/c3-1-2(4)5/h1H,3-5H3. The summed E-state index contributed by atoms with van der Waals surface area (Å²) < 4.78 is 2.21. The van der Waals surface area contributed by atoms with Crippen LogP contribution in [-0.4, -0.2) is 35.6 Å². The lowest BCUT2D eigenvalue weighted by atomic mass is 12.9. The number of nitrogens with one attached hydrogen (secondary N) is 1. The van der Waals surface area contributed by atoms with Gasteiger partial charge in [-0.1, -0.05) is 0 Å². The van der Waals surface area contributed by atoms with E-state index in [1.54, 1.807) is 0 Å². The lowest BCUT2D eigenvalue weighted by Crippen LogP contribution is -2.30. The van der Waals surface area contributed by atoms with Gasteiger partial charge in [0.05, 0.1) is 31.2 Å². The van der Waals surface area contributed by atoms with E-state index in [0.717, 1.165) is 10.4 Å². The molecule has 0 amide bonds. The zero-order valence-electron chi connectivity index (χ0n) is 3.95. The van der Waals surface area contributed by atoms with Gasteiger partial charge >= 0.3 is 0 Å². The van der Waals surface area contributed by atoms with E-state index in [2.05, 4.69) is 9.43 Å². The van der Waals surface area contributed by atoms with E-state index >= 15 is 0 Å². The van der Waals surface area contributed by atoms with Gasteiger partial charge in [-0.25, -0.2) is 0 Å². The van der Waals surface area contributed by atoms with Crippen molar-refractivity contribution in [2.24, 2.45) is 0 Å². The molecule has 0 heterocycles. The zero-order chi connectivity index (χ0) is 4.28. The minimum absolute atomic E-state index is 1.12. The van der Waals surface area contributed by atoms with E-state index in [9.17, 15) is 0 Å². The summed E-state index contributed by atoms with van der Waals surface area (Å²) in [4.78, 5) is 0. The van der Waals surface area contributed by atoms with Crippen molar-refractivity contribution in [2.75, 3.05) is 0 Å². The average molecular weight is 122 g/mol. The first kappa shape index (κ1) is 5.57. The second-order valence-electron chi connectivity index (χ2n) is 1.12. The zero-order valence-corrected chi connectivity index (χ0v) is 9.95. The molecule has 0 aromatic carbocycles. The number of hydrogen-bond donors (Lipinski definition) is 1. The third kappa shape index (κ3) is 4.57. The van der Waals surface area contributed by atoms with Crippen molar-refractivity contribution < 1.29 is 0 Å². The Hall–Kier alpha value is 0.571. The highest BCUT2D eigenvalue weighted by atomic mass is 28.2. The Balaban J connectivity index is 2.54. The van der Waals surface area contributed by atoms with Crippen LogP contribution in [0.15, 0.2) is 0 Å². The molecule has 0 aromatic rings. The Morgan fingerprint density at radius 1 is 1.40 bits per heavy atom. The number of nitrogens with zero attached hydrogens (tertiary/aromatic N) is 1. The average Bonchev–Trinajstić information content (AvgIpc) is 1.38. The molecule has 5 heteroatoms. The molecule has 5 heavy (non-hydrogen) atoms. The van der Waals surface area contributed by atoms with Crippen molar-refractivity contribution in [2.45, 2.75) is 0 Å². The maximum Gasteiger partial charge on any atom is 0.0926 e. The summed E-state index contributed by atoms with van der Waals surface area (Å²) in [6, 6.07) is 0. The number of hydrogen-bond acceptors (Lipinski definition) is 2. The van der Waals surface area contributed by atoms with Gasteiger partial charge in [0.2, 0.25) is 0 Å². The topological polar surface area (TPSA) is 15.3 Å².